The van der Waals surface area contributed by atoms with Crippen molar-refractivity contribution in [3.8, 4) is 22.9 Å². The van der Waals surface area contributed by atoms with E-state index in [2.05, 4.69) is 15.2 Å². The number of aryl methyl sites for hydroxylation is 1. The summed E-state index contributed by atoms with van der Waals surface area (Å²) in [7, 11) is 1.61. The summed E-state index contributed by atoms with van der Waals surface area (Å²) >= 11 is 0. The minimum atomic E-state index is -0.435. The average Bonchev–Trinajstić information content (AvgIpc) is 3.12. The summed E-state index contributed by atoms with van der Waals surface area (Å²) in [4.78, 5) is 4.57. The van der Waals surface area contributed by atoms with Gasteiger partial charge in [-0.15, -0.1) is 0 Å². The maximum Gasteiger partial charge on any atom is 0.181 e. The highest BCUT2D eigenvalue weighted by Crippen LogP contribution is 2.31. The lowest BCUT2D eigenvalue weighted by molar-refractivity contribution is 0.310. The molecule has 6 heteroatoms. The van der Waals surface area contributed by atoms with Crippen LogP contribution in [0.2, 0.25) is 0 Å². The van der Waals surface area contributed by atoms with Crippen LogP contribution in [0.5, 0.6) is 11.5 Å². The van der Waals surface area contributed by atoms with Crippen LogP contribution in [0.3, 0.4) is 0 Å². The molecular weight excluding hydrogens is 316 g/mol. The van der Waals surface area contributed by atoms with Gasteiger partial charge in [0, 0.05) is 5.56 Å². The molecule has 0 radical (unpaired) electrons. The van der Waals surface area contributed by atoms with E-state index in [1.54, 1.807) is 7.11 Å². The number of methoxy groups -OCH3 is 1. The van der Waals surface area contributed by atoms with E-state index in [4.69, 9.17) is 15.2 Å². The summed E-state index contributed by atoms with van der Waals surface area (Å²) in [5.74, 6) is 2.58. The van der Waals surface area contributed by atoms with Crippen LogP contribution in [-0.4, -0.2) is 28.9 Å². The summed E-state index contributed by atoms with van der Waals surface area (Å²) in [6.45, 7) is 4.53. The van der Waals surface area contributed by atoms with E-state index in [-0.39, 0.29) is 0 Å². The standard InChI is InChI=1S/C19H22N4O2/c1-4-25-15-10-9-13(11-16(15)24-3)17(20)19-21-18(22-23-19)14-8-6-5-7-12(14)2/h5-11,17H,4,20H2,1-3H3,(H,21,22,23)/t17-/m0/s1. The van der Waals surface area contributed by atoms with E-state index in [0.29, 0.717) is 29.8 Å². The molecular formula is C19H22N4O2. The summed E-state index contributed by atoms with van der Waals surface area (Å²) in [5.41, 5.74) is 9.33. The third-order valence-corrected chi connectivity index (χ3v) is 4.03. The highest BCUT2D eigenvalue weighted by atomic mass is 16.5. The molecule has 0 aliphatic heterocycles. The van der Waals surface area contributed by atoms with Gasteiger partial charge in [0.2, 0.25) is 0 Å². The number of H-pyrrole nitrogens is 1. The van der Waals surface area contributed by atoms with Crippen LogP contribution in [0, 0.1) is 6.92 Å². The van der Waals surface area contributed by atoms with Crippen LogP contribution < -0.4 is 15.2 Å². The number of nitrogens with one attached hydrogen (secondary N) is 1. The number of aromatic amines is 1. The van der Waals surface area contributed by atoms with E-state index in [0.717, 1.165) is 16.7 Å². The summed E-state index contributed by atoms with van der Waals surface area (Å²) in [6.07, 6.45) is 0. The van der Waals surface area contributed by atoms with Gasteiger partial charge >= 0.3 is 0 Å². The van der Waals surface area contributed by atoms with Gasteiger partial charge in [0.15, 0.2) is 17.3 Å². The van der Waals surface area contributed by atoms with E-state index in [1.165, 1.54) is 0 Å². The van der Waals surface area contributed by atoms with Crippen LogP contribution >= 0.6 is 0 Å². The summed E-state index contributed by atoms with van der Waals surface area (Å²) < 4.78 is 10.9. The van der Waals surface area contributed by atoms with Crippen LogP contribution in [0.1, 0.15) is 29.9 Å². The smallest absolute Gasteiger partial charge is 0.181 e. The zero-order chi connectivity index (χ0) is 17.8. The van der Waals surface area contributed by atoms with Crippen LogP contribution in [-0.2, 0) is 0 Å². The largest absolute Gasteiger partial charge is 0.493 e. The number of rotatable bonds is 6. The third-order valence-electron chi connectivity index (χ3n) is 4.03. The van der Waals surface area contributed by atoms with Crippen molar-refractivity contribution in [2.45, 2.75) is 19.9 Å². The minimum Gasteiger partial charge on any atom is -0.493 e. The predicted molar refractivity (Wildman–Crippen MR) is 96.7 cm³/mol. The quantitative estimate of drug-likeness (QED) is 0.720. The van der Waals surface area contributed by atoms with Crippen molar-refractivity contribution >= 4 is 0 Å². The first-order chi connectivity index (χ1) is 12.1. The first kappa shape index (κ1) is 17.0. The fourth-order valence-corrected chi connectivity index (χ4v) is 2.67. The lowest BCUT2D eigenvalue weighted by Crippen LogP contribution is -2.14. The van der Waals surface area contributed by atoms with Gasteiger partial charge in [-0.25, -0.2) is 4.98 Å². The molecule has 0 fully saturated rings. The van der Waals surface area contributed by atoms with Gasteiger partial charge in [0.1, 0.15) is 5.82 Å². The van der Waals surface area contributed by atoms with Crippen molar-refractivity contribution in [1.82, 2.24) is 15.2 Å². The molecule has 0 saturated carbocycles. The molecule has 3 rings (SSSR count). The summed E-state index contributed by atoms with van der Waals surface area (Å²) in [5, 5.41) is 7.26. The minimum absolute atomic E-state index is 0.435. The number of nitrogens with zero attached hydrogens (tertiary/aromatic N) is 2. The first-order valence-electron chi connectivity index (χ1n) is 8.18. The molecule has 2 aromatic carbocycles. The van der Waals surface area contributed by atoms with Crippen LogP contribution in [0.25, 0.3) is 11.4 Å². The highest BCUT2D eigenvalue weighted by molar-refractivity contribution is 5.59. The van der Waals surface area contributed by atoms with Crippen LogP contribution in [0.15, 0.2) is 42.5 Å². The normalized spacial score (nSPS) is 12.0. The predicted octanol–water partition coefficient (Wildman–Crippen LogP) is 3.24. The molecule has 1 heterocycles. The van der Waals surface area contributed by atoms with Crippen LogP contribution in [0.4, 0.5) is 0 Å². The highest BCUT2D eigenvalue weighted by Gasteiger charge is 2.17. The number of ether oxygens (including phenoxy) is 2. The monoisotopic (exact) mass is 338 g/mol. The van der Waals surface area contributed by atoms with Crippen molar-refractivity contribution in [2.75, 3.05) is 13.7 Å². The number of hydrogen-bond acceptors (Lipinski definition) is 5. The molecule has 3 N–H and O–H groups in total. The maximum absolute atomic E-state index is 6.36. The molecule has 0 saturated heterocycles. The van der Waals surface area contributed by atoms with E-state index in [9.17, 15) is 0 Å². The Labute approximate surface area is 147 Å². The van der Waals surface area contributed by atoms with Gasteiger partial charge in [-0.3, -0.25) is 5.10 Å². The lowest BCUT2D eigenvalue weighted by Gasteiger charge is -2.13. The number of aromatic nitrogens is 3. The zero-order valence-corrected chi connectivity index (χ0v) is 14.6. The Morgan fingerprint density at radius 1 is 1.16 bits per heavy atom. The van der Waals surface area contributed by atoms with E-state index in [1.807, 2.05) is 56.3 Å². The molecule has 6 nitrogen and oxygen atoms in total. The lowest BCUT2D eigenvalue weighted by atomic mass is 10.1. The molecule has 3 aromatic rings. The molecule has 0 spiro atoms. The van der Waals surface area contributed by atoms with E-state index >= 15 is 0 Å². The second-order valence-electron chi connectivity index (χ2n) is 5.68. The molecule has 25 heavy (non-hydrogen) atoms. The Bertz CT molecular complexity index is 860. The second kappa shape index (κ2) is 7.36. The molecule has 1 aromatic heterocycles. The molecule has 130 valence electrons. The molecule has 0 bridgehead atoms. The Balaban J connectivity index is 1.89. The molecule has 0 aliphatic carbocycles. The molecule has 1 atom stereocenters. The van der Waals surface area contributed by atoms with Crippen molar-refractivity contribution in [3.63, 3.8) is 0 Å². The maximum atomic E-state index is 6.36. The Hall–Kier alpha value is -2.86. The van der Waals surface area contributed by atoms with Crippen molar-refractivity contribution < 1.29 is 9.47 Å². The Kier molecular flexibility index (Phi) is 5.00. The van der Waals surface area contributed by atoms with Gasteiger partial charge in [-0.2, -0.15) is 5.10 Å². The van der Waals surface area contributed by atoms with Gasteiger partial charge in [0.25, 0.3) is 0 Å². The number of hydrogen-bond donors (Lipinski definition) is 2. The molecule has 0 unspecified atom stereocenters. The number of nitrogens with two attached hydrogens (primary N) is 1. The number of benzene rings is 2. The molecule has 0 amide bonds. The Morgan fingerprint density at radius 2 is 1.96 bits per heavy atom. The zero-order valence-electron chi connectivity index (χ0n) is 14.6. The molecule has 0 aliphatic rings. The van der Waals surface area contributed by atoms with Gasteiger partial charge in [0.05, 0.1) is 19.8 Å². The van der Waals surface area contributed by atoms with Gasteiger partial charge < -0.3 is 15.2 Å². The Morgan fingerprint density at radius 3 is 2.68 bits per heavy atom. The SMILES string of the molecule is CCOc1ccc([C@H](N)c2nc(-c3ccccc3C)n[nH]2)cc1OC. The second-order valence-corrected chi connectivity index (χ2v) is 5.68. The topological polar surface area (TPSA) is 86.0 Å². The first-order valence-corrected chi connectivity index (χ1v) is 8.18. The summed E-state index contributed by atoms with van der Waals surface area (Å²) in [6, 6.07) is 13.2. The fraction of sp³-hybridized carbons (Fsp3) is 0.263. The van der Waals surface area contributed by atoms with Gasteiger partial charge in [-0.1, -0.05) is 30.3 Å². The average molecular weight is 338 g/mol. The van der Waals surface area contributed by atoms with Gasteiger partial charge in [-0.05, 0) is 37.1 Å². The van der Waals surface area contributed by atoms with Crippen molar-refractivity contribution in [2.24, 2.45) is 5.73 Å². The van der Waals surface area contributed by atoms with Crippen molar-refractivity contribution in [3.05, 3.63) is 59.4 Å². The third kappa shape index (κ3) is 3.49. The van der Waals surface area contributed by atoms with Crippen molar-refractivity contribution in [1.29, 1.82) is 0 Å². The fourth-order valence-electron chi connectivity index (χ4n) is 2.67. The van der Waals surface area contributed by atoms with E-state index < -0.39 is 6.04 Å².